The van der Waals surface area contributed by atoms with Crippen LogP contribution in [0.25, 0.3) is 0 Å². The summed E-state index contributed by atoms with van der Waals surface area (Å²) in [5.74, 6) is 0.170. The third-order valence-electron chi connectivity index (χ3n) is 1.34. The van der Waals surface area contributed by atoms with Crippen LogP contribution in [0.1, 0.15) is 5.56 Å². The van der Waals surface area contributed by atoms with Crippen molar-refractivity contribution in [3.63, 3.8) is 0 Å². The van der Waals surface area contributed by atoms with Crippen molar-refractivity contribution in [2.24, 2.45) is 0 Å². The van der Waals surface area contributed by atoms with Crippen molar-refractivity contribution in [3.8, 4) is 11.5 Å². The smallest absolute Gasteiger partial charge is 0.119 e. The highest BCUT2D eigenvalue weighted by atomic mass is 16.3. The molecule has 0 aliphatic carbocycles. The number of hydrogen-bond acceptors (Lipinski definition) is 2. The molecule has 0 saturated heterocycles. The average Bonchev–Trinajstić information content (AvgIpc) is 1.85. The number of benzene rings is 1. The zero-order valence-electron chi connectivity index (χ0n) is 6.12. The Morgan fingerprint density at radius 3 is 2.18 bits per heavy atom. The molecule has 0 spiro atoms. The number of rotatable bonds is 2. The SMILES string of the molecule is C=CCc1cc(O)cc(O)c1. The van der Waals surface area contributed by atoms with Crippen molar-refractivity contribution < 1.29 is 10.2 Å². The van der Waals surface area contributed by atoms with Gasteiger partial charge in [0.25, 0.3) is 0 Å². The molecule has 1 rings (SSSR count). The molecule has 1 aromatic rings. The van der Waals surface area contributed by atoms with E-state index in [0.717, 1.165) is 5.56 Å². The molecular formula is C9H10O2. The maximum atomic E-state index is 9.03. The Labute approximate surface area is 65.4 Å². The van der Waals surface area contributed by atoms with E-state index in [1.807, 2.05) is 0 Å². The lowest BCUT2D eigenvalue weighted by molar-refractivity contribution is 0.449. The van der Waals surface area contributed by atoms with Gasteiger partial charge in [-0.3, -0.25) is 0 Å². The van der Waals surface area contributed by atoms with E-state index in [-0.39, 0.29) is 11.5 Å². The minimum atomic E-state index is 0.0850. The summed E-state index contributed by atoms with van der Waals surface area (Å²) in [6.07, 6.45) is 2.37. The summed E-state index contributed by atoms with van der Waals surface area (Å²) in [4.78, 5) is 0. The van der Waals surface area contributed by atoms with Crippen molar-refractivity contribution in [2.45, 2.75) is 6.42 Å². The minimum absolute atomic E-state index is 0.0850. The molecule has 0 heterocycles. The van der Waals surface area contributed by atoms with E-state index in [1.165, 1.54) is 6.07 Å². The fourth-order valence-corrected chi connectivity index (χ4v) is 0.941. The van der Waals surface area contributed by atoms with Gasteiger partial charge in [-0.25, -0.2) is 0 Å². The van der Waals surface area contributed by atoms with Crippen LogP contribution < -0.4 is 0 Å². The normalized spacial score (nSPS) is 9.45. The first kappa shape index (κ1) is 7.66. The van der Waals surface area contributed by atoms with Gasteiger partial charge in [0.2, 0.25) is 0 Å². The van der Waals surface area contributed by atoms with Crippen LogP contribution in [-0.4, -0.2) is 10.2 Å². The summed E-state index contributed by atoms with van der Waals surface area (Å²) in [5.41, 5.74) is 0.859. The van der Waals surface area contributed by atoms with Crippen LogP contribution in [0, 0.1) is 0 Å². The fourth-order valence-electron chi connectivity index (χ4n) is 0.941. The Morgan fingerprint density at radius 1 is 1.18 bits per heavy atom. The number of hydrogen-bond donors (Lipinski definition) is 2. The van der Waals surface area contributed by atoms with E-state index in [9.17, 15) is 0 Å². The molecule has 0 unspecified atom stereocenters. The van der Waals surface area contributed by atoms with Gasteiger partial charge in [0.15, 0.2) is 0 Å². The van der Waals surface area contributed by atoms with Crippen molar-refractivity contribution in [1.82, 2.24) is 0 Å². The number of phenols is 2. The van der Waals surface area contributed by atoms with E-state index in [1.54, 1.807) is 18.2 Å². The molecule has 11 heavy (non-hydrogen) atoms. The predicted molar refractivity (Wildman–Crippen MR) is 43.7 cm³/mol. The molecule has 58 valence electrons. The highest BCUT2D eigenvalue weighted by Crippen LogP contribution is 2.20. The van der Waals surface area contributed by atoms with Crippen LogP contribution in [0.5, 0.6) is 11.5 Å². The van der Waals surface area contributed by atoms with E-state index in [4.69, 9.17) is 10.2 Å². The van der Waals surface area contributed by atoms with Gasteiger partial charge in [-0.2, -0.15) is 0 Å². The molecule has 0 aliphatic heterocycles. The third-order valence-corrected chi connectivity index (χ3v) is 1.34. The summed E-state index contributed by atoms with van der Waals surface area (Å²) >= 11 is 0. The van der Waals surface area contributed by atoms with Gasteiger partial charge in [0.1, 0.15) is 11.5 Å². The summed E-state index contributed by atoms with van der Waals surface area (Å²) < 4.78 is 0. The molecular weight excluding hydrogens is 140 g/mol. The Morgan fingerprint density at radius 2 is 1.73 bits per heavy atom. The van der Waals surface area contributed by atoms with Crippen LogP contribution in [0.15, 0.2) is 30.9 Å². The first-order chi connectivity index (χ1) is 5.22. The molecule has 0 fully saturated rings. The first-order valence-corrected chi connectivity index (χ1v) is 3.35. The monoisotopic (exact) mass is 150 g/mol. The molecule has 0 aliphatic rings. The summed E-state index contributed by atoms with van der Waals surface area (Å²) in [5, 5.41) is 18.1. The number of phenolic OH excluding ortho intramolecular Hbond substituents is 2. The first-order valence-electron chi connectivity index (χ1n) is 3.35. The van der Waals surface area contributed by atoms with Crippen LogP contribution in [-0.2, 0) is 6.42 Å². The second kappa shape index (κ2) is 3.10. The van der Waals surface area contributed by atoms with Gasteiger partial charge in [0, 0.05) is 6.07 Å². The van der Waals surface area contributed by atoms with Gasteiger partial charge < -0.3 is 10.2 Å². The lowest BCUT2D eigenvalue weighted by Gasteiger charge is -1.98. The molecule has 2 nitrogen and oxygen atoms in total. The quantitative estimate of drug-likeness (QED) is 0.631. The molecule has 0 bridgehead atoms. The molecule has 0 radical (unpaired) electrons. The Kier molecular flexibility index (Phi) is 2.16. The molecule has 0 aromatic heterocycles. The topological polar surface area (TPSA) is 40.5 Å². The highest BCUT2D eigenvalue weighted by molar-refractivity contribution is 5.37. The van der Waals surface area contributed by atoms with Crippen molar-refractivity contribution >= 4 is 0 Å². The van der Waals surface area contributed by atoms with Crippen LogP contribution in [0.3, 0.4) is 0 Å². The van der Waals surface area contributed by atoms with E-state index in [0.29, 0.717) is 6.42 Å². The van der Waals surface area contributed by atoms with Crippen molar-refractivity contribution in [2.75, 3.05) is 0 Å². The van der Waals surface area contributed by atoms with Gasteiger partial charge in [0.05, 0.1) is 0 Å². The predicted octanol–water partition coefficient (Wildman–Crippen LogP) is 1.83. The van der Waals surface area contributed by atoms with Crippen molar-refractivity contribution in [3.05, 3.63) is 36.4 Å². The molecule has 0 saturated carbocycles. The summed E-state index contributed by atoms with van der Waals surface area (Å²) in [6.45, 7) is 3.55. The van der Waals surface area contributed by atoms with E-state index >= 15 is 0 Å². The standard InChI is InChI=1S/C9H10O2/c1-2-3-7-4-8(10)6-9(11)5-7/h2,4-6,10-11H,1,3H2. The van der Waals surface area contributed by atoms with Gasteiger partial charge in [-0.1, -0.05) is 6.08 Å². The maximum absolute atomic E-state index is 9.03. The molecule has 2 heteroatoms. The number of aromatic hydroxyl groups is 2. The van der Waals surface area contributed by atoms with Crippen LogP contribution in [0.2, 0.25) is 0 Å². The van der Waals surface area contributed by atoms with Crippen molar-refractivity contribution in [1.29, 1.82) is 0 Å². The molecule has 0 atom stereocenters. The second-order valence-corrected chi connectivity index (χ2v) is 2.35. The van der Waals surface area contributed by atoms with E-state index < -0.39 is 0 Å². The Bertz CT molecular complexity index is 246. The van der Waals surface area contributed by atoms with E-state index in [2.05, 4.69) is 6.58 Å². The van der Waals surface area contributed by atoms with Crippen LogP contribution >= 0.6 is 0 Å². The largest absolute Gasteiger partial charge is 0.508 e. The molecule has 2 N–H and O–H groups in total. The van der Waals surface area contributed by atoms with Gasteiger partial charge >= 0.3 is 0 Å². The van der Waals surface area contributed by atoms with Gasteiger partial charge in [-0.15, -0.1) is 6.58 Å². The Balaban J connectivity index is 2.98. The number of allylic oxidation sites excluding steroid dienone is 1. The lowest BCUT2D eigenvalue weighted by Crippen LogP contribution is -1.79. The summed E-state index contributed by atoms with van der Waals surface area (Å²) in [6, 6.07) is 4.50. The van der Waals surface area contributed by atoms with Crippen LogP contribution in [0.4, 0.5) is 0 Å². The average molecular weight is 150 g/mol. The highest BCUT2D eigenvalue weighted by Gasteiger charge is 1.95. The van der Waals surface area contributed by atoms with Gasteiger partial charge in [-0.05, 0) is 24.1 Å². The minimum Gasteiger partial charge on any atom is -0.508 e. The maximum Gasteiger partial charge on any atom is 0.119 e. The Hall–Kier alpha value is -1.44. The lowest BCUT2D eigenvalue weighted by atomic mass is 10.1. The summed E-state index contributed by atoms with van der Waals surface area (Å²) in [7, 11) is 0. The third kappa shape index (κ3) is 2.00. The second-order valence-electron chi connectivity index (χ2n) is 2.35. The zero-order valence-corrected chi connectivity index (χ0v) is 6.12. The fraction of sp³-hybridized carbons (Fsp3) is 0.111. The zero-order chi connectivity index (χ0) is 8.27. The molecule has 0 amide bonds. The molecule has 1 aromatic carbocycles.